The van der Waals surface area contributed by atoms with Crippen molar-refractivity contribution in [1.82, 2.24) is 10.9 Å². The van der Waals surface area contributed by atoms with Gasteiger partial charge in [0.05, 0.1) is 0 Å². The van der Waals surface area contributed by atoms with E-state index >= 15 is 0 Å². The van der Waals surface area contributed by atoms with Crippen LogP contribution in [0.3, 0.4) is 0 Å². The number of carbonyl (C=O) groups excluding carboxylic acids is 1. The molecule has 0 rings (SSSR count). The summed E-state index contributed by atoms with van der Waals surface area (Å²) in [5.41, 5.74) is 5.26. The first-order chi connectivity index (χ1) is 8.10. The number of carbonyl (C=O) groups is 1. The third kappa shape index (κ3) is 10.4. The maximum Gasteiger partial charge on any atom is 0.422 e. The smallest absolute Gasteiger partial charge is 0.422 e. The Hall–Kier alpha value is -0.770. The summed E-state index contributed by atoms with van der Waals surface area (Å²) < 4.78 is 5.19. The van der Waals surface area contributed by atoms with Crippen LogP contribution in [0.4, 0.5) is 4.79 Å². The van der Waals surface area contributed by atoms with Gasteiger partial charge in [0.1, 0.15) is 5.60 Å². The summed E-state index contributed by atoms with van der Waals surface area (Å²) in [5.74, 6) is 1.20. The third-order valence-electron chi connectivity index (χ3n) is 2.29. The molecule has 0 saturated carbocycles. The maximum absolute atomic E-state index is 11.5. The van der Waals surface area contributed by atoms with Gasteiger partial charge < -0.3 is 4.74 Å². The van der Waals surface area contributed by atoms with E-state index in [1.165, 1.54) is 0 Å². The van der Waals surface area contributed by atoms with Crippen molar-refractivity contribution >= 4 is 6.09 Å². The van der Waals surface area contributed by atoms with E-state index in [1.807, 2.05) is 20.8 Å². The van der Waals surface area contributed by atoms with E-state index < -0.39 is 11.7 Å². The molecule has 2 N–H and O–H groups in total. The zero-order chi connectivity index (χ0) is 14.3. The lowest BCUT2D eigenvalue weighted by Crippen LogP contribution is -2.47. The Kier molecular flexibility index (Phi) is 7.29. The lowest BCUT2D eigenvalue weighted by molar-refractivity contribution is 0.0481. The SMILES string of the molecule is CC(C)CC(CC(C)C)NNC(=O)OC(C)(C)C. The molecular weight excluding hydrogens is 228 g/mol. The number of nitrogens with one attached hydrogen (secondary N) is 2. The molecule has 4 nitrogen and oxygen atoms in total. The van der Waals surface area contributed by atoms with Crippen molar-refractivity contribution < 1.29 is 9.53 Å². The molecule has 0 bridgehead atoms. The highest BCUT2D eigenvalue weighted by Crippen LogP contribution is 2.13. The topological polar surface area (TPSA) is 50.4 Å². The van der Waals surface area contributed by atoms with Crippen LogP contribution in [0.5, 0.6) is 0 Å². The van der Waals surface area contributed by atoms with Crippen molar-refractivity contribution in [3.63, 3.8) is 0 Å². The molecule has 108 valence electrons. The van der Waals surface area contributed by atoms with Crippen LogP contribution < -0.4 is 10.9 Å². The fourth-order valence-electron chi connectivity index (χ4n) is 1.82. The van der Waals surface area contributed by atoms with Gasteiger partial charge in [0.2, 0.25) is 0 Å². The van der Waals surface area contributed by atoms with Crippen molar-refractivity contribution in [1.29, 1.82) is 0 Å². The monoisotopic (exact) mass is 258 g/mol. The molecule has 0 spiro atoms. The van der Waals surface area contributed by atoms with Gasteiger partial charge in [-0.25, -0.2) is 10.2 Å². The number of hydrogen-bond acceptors (Lipinski definition) is 3. The minimum absolute atomic E-state index is 0.289. The number of hydrazine groups is 1. The van der Waals surface area contributed by atoms with Gasteiger partial charge in [0.25, 0.3) is 0 Å². The van der Waals surface area contributed by atoms with Crippen molar-refractivity contribution in [3.8, 4) is 0 Å². The Balaban J connectivity index is 4.13. The van der Waals surface area contributed by atoms with Gasteiger partial charge in [0, 0.05) is 6.04 Å². The van der Waals surface area contributed by atoms with Crippen LogP contribution in [0.25, 0.3) is 0 Å². The summed E-state index contributed by atoms with van der Waals surface area (Å²) >= 11 is 0. The summed E-state index contributed by atoms with van der Waals surface area (Å²) in [6.07, 6.45) is 1.65. The van der Waals surface area contributed by atoms with E-state index in [9.17, 15) is 4.79 Å². The van der Waals surface area contributed by atoms with Crippen LogP contribution in [-0.4, -0.2) is 17.7 Å². The van der Waals surface area contributed by atoms with Gasteiger partial charge in [-0.2, -0.15) is 0 Å². The summed E-state index contributed by atoms with van der Waals surface area (Å²) in [4.78, 5) is 11.5. The van der Waals surface area contributed by atoms with Crippen LogP contribution in [0.2, 0.25) is 0 Å². The molecule has 0 radical (unpaired) electrons. The molecule has 0 fully saturated rings. The fraction of sp³-hybridized carbons (Fsp3) is 0.929. The molecule has 0 aliphatic rings. The van der Waals surface area contributed by atoms with E-state index in [0.717, 1.165) is 12.8 Å². The van der Waals surface area contributed by atoms with Gasteiger partial charge in [-0.1, -0.05) is 27.7 Å². The minimum Gasteiger partial charge on any atom is -0.443 e. The molecule has 4 heteroatoms. The second-order valence-corrected chi connectivity index (χ2v) is 6.73. The molecule has 0 aromatic carbocycles. The average Bonchev–Trinajstić information content (AvgIpc) is 2.09. The van der Waals surface area contributed by atoms with Crippen LogP contribution in [0.1, 0.15) is 61.3 Å². The highest BCUT2D eigenvalue weighted by Gasteiger charge is 2.18. The predicted octanol–water partition coefficient (Wildman–Crippen LogP) is 3.48. The first-order valence-corrected chi connectivity index (χ1v) is 6.84. The van der Waals surface area contributed by atoms with E-state index in [-0.39, 0.29) is 6.04 Å². The summed E-state index contributed by atoms with van der Waals surface area (Å²) in [6, 6.07) is 0.289. The fourth-order valence-corrected chi connectivity index (χ4v) is 1.82. The van der Waals surface area contributed by atoms with Crippen LogP contribution in [0.15, 0.2) is 0 Å². The number of hydrogen-bond donors (Lipinski definition) is 2. The molecule has 0 unspecified atom stereocenters. The van der Waals surface area contributed by atoms with Crippen molar-refractivity contribution in [2.75, 3.05) is 0 Å². The minimum atomic E-state index is -0.461. The first kappa shape index (κ1) is 17.2. The van der Waals surface area contributed by atoms with Crippen molar-refractivity contribution in [2.24, 2.45) is 11.8 Å². The summed E-state index contributed by atoms with van der Waals surface area (Å²) in [6.45, 7) is 14.3. The van der Waals surface area contributed by atoms with E-state index in [0.29, 0.717) is 11.8 Å². The Bertz CT molecular complexity index is 235. The Morgan fingerprint density at radius 1 is 1.06 bits per heavy atom. The second kappa shape index (κ2) is 7.62. The largest absolute Gasteiger partial charge is 0.443 e. The van der Waals surface area contributed by atoms with Crippen molar-refractivity contribution in [2.45, 2.75) is 73.0 Å². The number of amides is 1. The molecule has 0 atom stereocenters. The van der Waals surface area contributed by atoms with Gasteiger partial charge in [-0.15, -0.1) is 0 Å². The van der Waals surface area contributed by atoms with Gasteiger partial charge in [-0.05, 0) is 45.4 Å². The van der Waals surface area contributed by atoms with E-state index in [4.69, 9.17) is 4.74 Å². The molecule has 0 saturated heterocycles. The lowest BCUT2D eigenvalue weighted by atomic mass is 9.96. The highest BCUT2D eigenvalue weighted by atomic mass is 16.6. The quantitative estimate of drug-likeness (QED) is 0.717. The standard InChI is InChI=1S/C14H30N2O2/c1-10(2)8-12(9-11(3)4)15-16-13(17)18-14(5,6)7/h10-12,15H,8-9H2,1-7H3,(H,16,17). The van der Waals surface area contributed by atoms with E-state index in [1.54, 1.807) is 0 Å². The predicted molar refractivity (Wildman–Crippen MR) is 75.2 cm³/mol. The number of ether oxygens (including phenoxy) is 1. The molecule has 0 aromatic rings. The Labute approximate surface area is 112 Å². The van der Waals surface area contributed by atoms with Crippen molar-refractivity contribution in [3.05, 3.63) is 0 Å². The molecule has 1 amide bonds. The van der Waals surface area contributed by atoms with Crippen LogP contribution >= 0.6 is 0 Å². The molecule has 0 aliphatic heterocycles. The molecule has 18 heavy (non-hydrogen) atoms. The summed E-state index contributed by atoms with van der Waals surface area (Å²) in [5, 5.41) is 0. The van der Waals surface area contributed by atoms with E-state index in [2.05, 4.69) is 38.5 Å². The molecule has 0 heterocycles. The molecule has 0 aliphatic carbocycles. The average molecular weight is 258 g/mol. The normalized spacial score (nSPS) is 12.3. The first-order valence-electron chi connectivity index (χ1n) is 6.84. The zero-order valence-electron chi connectivity index (χ0n) is 13.0. The Morgan fingerprint density at radius 2 is 1.50 bits per heavy atom. The molecular formula is C14H30N2O2. The number of rotatable bonds is 6. The van der Waals surface area contributed by atoms with Crippen LogP contribution in [0, 0.1) is 11.8 Å². The zero-order valence-corrected chi connectivity index (χ0v) is 13.0. The highest BCUT2D eigenvalue weighted by molar-refractivity contribution is 5.67. The second-order valence-electron chi connectivity index (χ2n) is 6.73. The maximum atomic E-state index is 11.5. The Morgan fingerprint density at radius 3 is 1.83 bits per heavy atom. The lowest BCUT2D eigenvalue weighted by Gasteiger charge is -2.24. The van der Waals surface area contributed by atoms with Gasteiger partial charge in [0.15, 0.2) is 0 Å². The van der Waals surface area contributed by atoms with Gasteiger partial charge in [-0.3, -0.25) is 5.43 Å². The molecule has 0 aromatic heterocycles. The summed E-state index contributed by atoms with van der Waals surface area (Å²) in [7, 11) is 0. The third-order valence-corrected chi connectivity index (χ3v) is 2.29. The van der Waals surface area contributed by atoms with Crippen LogP contribution in [-0.2, 0) is 4.74 Å². The van der Waals surface area contributed by atoms with Gasteiger partial charge >= 0.3 is 6.09 Å².